The molecule has 0 aliphatic rings. The van der Waals surface area contributed by atoms with E-state index in [1.165, 1.54) is 0 Å². The maximum atomic E-state index is 12.3. The van der Waals surface area contributed by atoms with Crippen molar-refractivity contribution in [1.29, 1.82) is 0 Å². The van der Waals surface area contributed by atoms with Gasteiger partial charge in [-0.25, -0.2) is 4.39 Å². The van der Waals surface area contributed by atoms with E-state index in [2.05, 4.69) is 9.47 Å². The van der Waals surface area contributed by atoms with E-state index in [0.717, 1.165) is 0 Å². The van der Waals surface area contributed by atoms with Gasteiger partial charge in [-0.15, -0.1) is 0 Å². The third kappa shape index (κ3) is 4.07. The minimum absolute atomic E-state index is 0.194. The second kappa shape index (κ2) is 4.72. The molecule has 0 spiro atoms. The number of methoxy groups -OCH3 is 1. The van der Waals surface area contributed by atoms with Crippen LogP contribution >= 0.6 is 0 Å². The number of hydrogen-bond acceptors (Lipinski definition) is 3. The van der Waals surface area contributed by atoms with Gasteiger partial charge in [0.2, 0.25) is 0 Å². The topological polar surface area (TPSA) is 35.5 Å². The fraction of sp³-hybridized carbons (Fsp3) is 0.833. The van der Waals surface area contributed by atoms with Gasteiger partial charge in [-0.05, 0) is 0 Å². The van der Waals surface area contributed by atoms with Crippen molar-refractivity contribution in [3.8, 4) is 0 Å². The number of carbonyl (C=O) groups is 1. The van der Waals surface area contributed by atoms with Crippen LogP contribution in [-0.2, 0) is 14.3 Å². The smallest absolute Gasteiger partial charge is 0.320 e. The van der Waals surface area contributed by atoms with Gasteiger partial charge in [-0.1, -0.05) is 0 Å². The van der Waals surface area contributed by atoms with Gasteiger partial charge in [0, 0.05) is 7.11 Å². The summed E-state index contributed by atoms with van der Waals surface area (Å²) in [7, 11) is 0.194. The molecule has 0 fully saturated rings. The first kappa shape index (κ1) is 16.0. The maximum Gasteiger partial charge on any atom is 0.459 e. The molecule has 0 amide bonds. The second-order valence-electron chi connectivity index (χ2n) is 2.54. The molecule has 0 radical (unpaired) electrons. The quantitative estimate of drug-likeness (QED) is 0.722. The number of halogens is 8. The predicted molar refractivity (Wildman–Crippen MR) is 33.9 cm³/mol. The first-order chi connectivity index (χ1) is 7.34. The van der Waals surface area contributed by atoms with Crippen LogP contribution in [0, 0.1) is 0 Å². The summed E-state index contributed by atoms with van der Waals surface area (Å²) in [5, 5.41) is 0. The molecule has 1 unspecified atom stereocenters. The normalized spacial score (nSPS) is 15.8. The second-order valence-corrected chi connectivity index (χ2v) is 2.54. The fourth-order valence-corrected chi connectivity index (χ4v) is 0.510. The summed E-state index contributed by atoms with van der Waals surface area (Å²) in [6, 6.07) is 0. The maximum absolute atomic E-state index is 12.3. The zero-order valence-electron chi connectivity index (χ0n) is 7.83. The molecule has 11 heteroatoms. The highest BCUT2D eigenvalue weighted by atomic mass is 19.4. The van der Waals surface area contributed by atoms with E-state index in [4.69, 9.17) is 0 Å². The lowest BCUT2D eigenvalue weighted by atomic mass is 10.3. The Balaban J connectivity index is 4.83. The van der Waals surface area contributed by atoms with E-state index in [1.54, 1.807) is 0 Å². The number of rotatable bonds is 5. The van der Waals surface area contributed by atoms with Crippen molar-refractivity contribution in [3.05, 3.63) is 0 Å². The lowest BCUT2D eigenvalue weighted by molar-refractivity contribution is -0.375. The summed E-state index contributed by atoms with van der Waals surface area (Å²) in [5.74, 6) is -3.81. The molecule has 102 valence electrons. The Labute approximate surface area is 88.3 Å². The average molecular weight is 276 g/mol. The first-order valence-electron chi connectivity index (χ1n) is 3.59. The summed E-state index contributed by atoms with van der Waals surface area (Å²) >= 11 is 0. The van der Waals surface area contributed by atoms with Gasteiger partial charge < -0.3 is 4.74 Å². The average Bonchev–Trinajstić information content (AvgIpc) is 2.14. The third-order valence-corrected chi connectivity index (χ3v) is 1.31. The van der Waals surface area contributed by atoms with Crippen LogP contribution in [0.4, 0.5) is 35.1 Å². The molecule has 0 rings (SSSR count). The Morgan fingerprint density at radius 3 is 1.76 bits per heavy atom. The van der Waals surface area contributed by atoms with E-state index in [1.807, 2.05) is 0 Å². The van der Waals surface area contributed by atoms with Crippen molar-refractivity contribution in [2.24, 2.45) is 0 Å². The van der Waals surface area contributed by atoms with Crippen LogP contribution in [0.5, 0.6) is 0 Å². The van der Waals surface area contributed by atoms with Crippen LogP contribution in [-0.4, -0.2) is 37.6 Å². The van der Waals surface area contributed by atoms with E-state index in [9.17, 15) is 39.9 Å². The van der Waals surface area contributed by atoms with Gasteiger partial charge in [0.1, 0.15) is 0 Å². The number of Topliss-reactive ketones (excluding diaryl/α,β-unsaturated/α-hetero) is 1. The minimum atomic E-state index is -6.06. The molecule has 0 N–H and O–H groups in total. The van der Waals surface area contributed by atoms with E-state index >= 15 is 0 Å². The number of hydrogen-bond donors (Lipinski definition) is 0. The molecular formula is C6H4F8O3. The van der Waals surface area contributed by atoms with Crippen molar-refractivity contribution in [2.75, 3.05) is 7.11 Å². The van der Waals surface area contributed by atoms with Crippen LogP contribution in [0.15, 0.2) is 0 Å². The molecule has 0 saturated carbocycles. The SMILES string of the molecule is COC(F)(F)C(F)OC(F)(F)C(=O)C(F)(F)F. The fourth-order valence-electron chi connectivity index (χ4n) is 0.510. The summed E-state index contributed by atoms with van der Waals surface area (Å²) < 4.78 is 101. The monoisotopic (exact) mass is 276 g/mol. The van der Waals surface area contributed by atoms with Gasteiger partial charge >= 0.3 is 24.2 Å². The largest absolute Gasteiger partial charge is 0.459 e. The zero-order valence-corrected chi connectivity index (χ0v) is 7.83. The van der Waals surface area contributed by atoms with Crippen LogP contribution in [0.2, 0.25) is 0 Å². The number of ether oxygens (including phenoxy) is 2. The Kier molecular flexibility index (Phi) is 4.45. The molecule has 3 nitrogen and oxygen atoms in total. The molecule has 0 aromatic rings. The zero-order chi connectivity index (χ0) is 14.1. The van der Waals surface area contributed by atoms with Gasteiger partial charge in [0.25, 0.3) is 6.36 Å². The molecule has 1 atom stereocenters. The van der Waals surface area contributed by atoms with E-state index < -0.39 is 30.5 Å². The highest BCUT2D eigenvalue weighted by molar-refractivity contribution is 5.89. The van der Waals surface area contributed by atoms with Crippen molar-refractivity contribution < 1.29 is 49.4 Å². The third-order valence-electron chi connectivity index (χ3n) is 1.31. The first-order valence-corrected chi connectivity index (χ1v) is 3.59. The van der Waals surface area contributed by atoms with Crippen LogP contribution in [0.25, 0.3) is 0 Å². The van der Waals surface area contributed by atoms with Gasteiger partial charge in [-0.2, -0.15) is 30.7 Å². The lowest BCUT2D eigenvalue weighted by Gasteiger charge is -2.23. The Morgan fingerprint density at radius 1 is 1.06 bits per heavy atom. The van der Waals surface area contributed by atoms with Crippen LogP contribution in [0.3, 0.4) is 0 Å². The Bertz CT molecular complexity index is 285. The van der Waals surface area contributed by atoms with E-state index in [0.29, 0.717) is 0 Å². The number of carbonyl (C=O) groups excluding carboxylic acids is 1. The molecule has 17 heavy (non-hydrogen) atoms. The molecule has 0 aromatic carbocycles. The highest BCUT2D eigenvalue weighted by Gasteiger charge is 2.60. The molecular weight excluding hydrogens is 272 g/mol. The Morgan fingerprint density at radius 2 is 1.47 bits per heavy atom. The van der Waals surface area contributed by atoms with E-state index in [-0.39, 0.29) is 7.11 Å². The van der Waals surface area contributed by atoms with Crippen molar-refractivity contribution >= 4 is 5.78 Å². The predicted octanol–water partition coefficient (Wildman–Crippen LogP) is 2.26. The molecule has 0 heterocycles. The van der Waals surface area contributed by atoms with Gasteiger partial charge in [0.05, 0.1) is 0 Å². The molecule has 0 aliphatic heterocycles. The van der Waals surface area contributed by atoms with Gasteiger partial charge in [-0.3, -0.25) is 9.53 Å². The minimum Gasteiger partial charge on any atom is -0.320 e. The van der Waals surface area contributed by atoms with Gasteiger partial charge in [0.15, 0.2) is 0 Å². The molecule has 0 saturated heterocycles. The Hall–Kier alpha value is -0.970. The van der Waals surface area contributed by atoms with Crippen molar-refractivity contribution in [3.63, 3.8) is 0 Å². The van der Waals surface area contributed by atoms with Crippen LogP contribution < -0.4 is 0 Å². The summed E-state index contributed by atoms with van der Waals surface area (Å²) in [6.45, 7) is 0. The van der Waals surface area contributed by atoms with Crippen molar-refractivity contribution in [1.82, 2.24) is 0 Å². The summed E-state index contributed by atoms with van der Waals surface area (Å²) in [5.41, 5.74) is 0. The molecule has 0 aromatic heterocycles. The van der Waals surface area contributed by atoms with Crippen LogP contribution in [0.1, 0.15) is 0 Å². The lowest BCUT2D eigenvalue weighted by Crippen LogP contribution is -2.47. The summed E-state index contributed by atoms with van der Waals surface area (Å²) in [4.78, 5) is 9.98. The standard InChI is InChI=1S/C6H4F8O3/c1-16-6(13,14)3(7)17-5(11,12)2(15)4(8,9)10/h3H,1H3. The summed E-state index contributed by atoms with van der Waals surface area (Å²) in [6.07, 6.45) is -21.0. The highest BCUT2D eigenvalue weighted by Crippen LogP contribution is 2.33. The molecule has 0 bridgehead atoms. The van der Waals surface area contributed by atoms with Crippen molar-refractivity contribution in [2.45, 2.75) is 24.8 Å². The number of ketones is 1. The molecule has 0 aliphatic carbocycles. The number of alkyl halides is 8.